The number of nitrogens with zero attached hydrogens (tertiary/aromatic N) is 2. The van der Waals surface area contributed by atoms with Gasteiger partial charge in [-0.25, -0.2) is 15.0 Å². The molecule has 1 aromatic rings. The van der Waals surface area contributed by atoms with E-state index in [1.807, 2.05) is 0 Å². The van der Waals surface area contributed by atoms with Crippen molar-refractivity contribution >= 4 is 17.7 Å². The maximum atomic E-state index is 11.0. The van der Waals surface area contributed by atoms with Crippen molar-refractivity contribution in [2.24, 2.45) is 10.8 Å². The highest BCUT2D eigenvalue weighted by molar-refractivity contribution is 5.93. The predicted octanol–water partition coefficient (Wildman–Crippen LogP) is 1.46. The van der Waals surface area contributed by atoms with Gasteiger partial charge in [0.25, 0.3) is 0 Å². The summed E-state index contributed by atoms with van der Waals surface area (Å²) in [6.07, 6.45) is 5.04. The first-order valence-corrected chi connectivity index (χ1v) is 6.39. The van der Waals surface area contributed by atoms with Crippen LogP contribution in [0.3, 0.4) is 0 Å². The molecule has 0 saturated heterocycles. The van der Waals surface area contributed by atoms with Gasteiger partial charge < -0.3 is 10.8 Å². The van der Waals surface area contributed by atoms with Gasteiger partial charge in [0.05, 0.1) is 5.56 Å². The molecule has 0 radical (unpaired) electrons. The van der Waals surface area contributed by atoms with Crippen molar-refractivity contribution in [2.45, 2.75) is 31.6 Å². The van der Waals surface area contributed by atoms with Gasteiger partial charge in [0.1, 0.15) is 0 Å². The molecule has 0 aromatic carbocycles. The SMILES string of the molecule is NC(=O)N/N=C1/CCCC[C@@H]1c1cc(C(=O)O)ccn1. The fraction of sp³-hybridized carbons (Fsp3) is 0.385. The first kappa shape index (κ1) is 14.0. The Bertz CT molecular complexity index is 556. The van der Waals surface area contributed by atoms with Gasteiger partial charge in [0, 0.05) is 23.5 Å². The molecule has 1 aliphatic carbocycles. The molecule has 2 amide bonds. The molecule has 0 aliphatic heterocycles. The summed E-state index contributed by atoms with van der Waals surface area (Å²) < 4.78 is 0. The highest BCUT2D eigenvalue weighted by atomic mass is 16.4. The Morgan fingerprint density at radius 2 is 2.25 bits per heavy atom. The number of urea groups is 1. The van der Waals surface area contributed by atoms with E-state index in [2.05, 4.69) is 15.5 Å². The summed E-state index contributed by atoms with van der Waals surface area (Å²) in [7, 11) is 0. The minimum absolute atomic E-state index is 0.0742. The van der Waals surface area contributed by atoms with Gasteiger partial charge >= 0.3 is 12.0 Å². The van der Waals surface area contributed by atoms with Crippen molar-refractivity contribution < 1.29 is 14.7 Å². The van der Waals surface area contributed by atoms with E-state index >= 15 is 0 Å². The predicted molar refractivity (Wildman–Crippen MR) is 72.6 cm³/mol. The number of rotatable bonds is 3. The van der Waals surface area contributed by atoms with Crippen LogP contribution in [-0.4, -0.2) is 27.8 Å². The summed E-state index contributed by atoms with van der Waals surface area (Å²) >= 11 is 0. The molecule has 0 unspecified atom stereocenters. The van der Waals surface area contributed by atoms with Crippen molar-refractivity contribution in [3.05, 3.63) is 29.6 Å². The Kier molecular flexibility index (Phi) is 4.29. The molecular formula is C13H16N4O3. The Labute approximate surface area is 115 Å². The van der Waals surface area contributed by atoms with Crippen LogP contribution in [0, 0.1) is 0 Å². The number of amides is 2. The highest BCUT2D eigenvalue weighted by Crippen LogP contribution is 2.30. The number of hydrogen-bond acceptors (Lipinski definition) is 4. The van der Waals surface area contributed by atoms with Gasteiger partial charge in [0.2, 0.25) is 0 Å². The monoisotopic (exact) mass is 276 g/mol. The maximum Gasteiger partial charge on any atom is 0.335 e. The van der Waals surface area contributed by atoms with Crippen LogP contribution in [0.1, 0.15) is 47.7 Å². The normalized spacial score (nSPS) is 20.6. The third-order valence-electron chi connectivity index (χ3n) is 3.27. The number of nitrogens with one attached hydrogen (secondary N) is 1. The number of aromatic carboxylic acids is 1. The third-order valence-corrected chi connectivity index (χ3v) is 3.27. The Hall–Kier alpha value is -2.44. The maximum absolute atomic E-state index is 11.0. The van der Waals surface area contributed by atoms with Gasteiger partial charge in [0.15, 0.2) is 0 Å². The molecule has 1 aromatic heterocycles. The highest BCUT2D eigenvalue weighted by Gasteiger charge is 2.24. The van der Waals surface area contributed by atoms with Crippen LogP contribution < -0.4 is 11.2 Å². The van der Waals surface area contributed by atoms with Gasteiger partial charge in [-0.1, -0.05) is 6.42 Å². The van der Waals surface area contributed by atoms with Crippen molar-refractivity contribution in [1.82, 2.24) is 10.4 Å². The number of primary amides is 1. The van der Waals surface area contributed by atoms with Crippen LogP contribution in [-0.2, 0) is 0 Å². The number of hydrazone groups is 1. The van der Waals surface area contributed by atoms with E-state index in [0.29, 0.717) is 5.69 Å². The van der Waals surface area contributed by atoms with E-state index in [1.165, 1.54) is 12.3 Å². The molecule has 1 aliphatic rings. The van der Waals surface area contributed by atoms with Gasteiger partial charge in [-0.2, -0.15) is 5.10 Å². The zero-order valence-electron chi connectivity index (χ0n) is 10.9. The van der Waals surface area contributed by atoms with E-state index in [-0.39, 0.29) is 11.5 Å². The number of aromatic nitrogens is 1. The van der Waals surface area contributed by atoms with Crippen LogP contribution in [0.4, 0.5) is 4.79 Å². The first-order valence-electron chi connectivity index (χ1n) is 6.39. The lowest BCUT2D eigenvalue weighted by Crippen LogP contribution is -2.28. The zero-order chi connectivity index (χ0) is 14.5. The summed E-state index contributed by atoms with van der Waals surface area (Å²) in [6, 6.07) is 2.29. The average Bonchev–Trinajstić information content (AvgIpc) is 2.45. The topological polar surface area (TPSA) is 118 Å². The van der Waals surface area contributed by atoms with Gasteiger partial charge in [-0.3, -0.25) is 4.98 Å². The first-order chi connectivity index (χ1) is 9.58. The number of nitrogens with two attached hydrogens (primary N) is 1. The van der Waals surface area contributed by atoms with Crippen LogP contribution in [0.5, 0.6) is 0 Å². The summed E-state index contributed by atoms with van der Waals surface area (Å²) in [5.41, 5.74) is 8.88. The number of carbonyl (C=O) groups excluding carboxylic acids is 1. The van der Waals surface area contributed by atoms with Crippen molar-refractivity contribution in [1.29, 1.82) is 0 Å². The van der Waals surface area contributed by atoms with Gasteiger partial charge in [-0.15, -0.1) is 0 Å². The van der Waals surface area contributed by atoms with Gasteiger partial charge in [-0.05, 0) is 31.4 Å². The molecule has 1 heterocycles. The second kappa shape index (κ2) is 6.14. The minimum atomic E-state index is -0.988. The molecule has 0 spiro atoms. The summed E-state index contributed by atoms with van der Waals surface area (Å²) in [5.74, 6) is -1.06. The molecule has 1 saturated carbocycles. The van der Waals surface area contributed by atoms with Crippen LogP contribution in [0.15, 0.2) is 23.4 Å². The zero-order valence-corrected chi connectivity index (χ0v) is 10.9. The number of hydrogen-bond donors (Lipinski definition) is 3. The Balaban J connectivity index is 2.27. The summed E-state index contributed by atoms with van der Waals surface area (Å²) in [5, 5.41) is 13.0. The smallest absolute Gasteiger partial charge is 0.335 e. The minimum Gasteiger partial charge on any atom is -0.478 e. The molecule has 0 bridgehead atoms. The molecular weight excluding hydrogens is 260 g/mol. The number of carbonyl (C=O) groups is 2. The van der Waals surface area contributed by atoms with E-state index in [4.69, 9.17) is 10.8 Å². The van der Waals surface area contributed by atoms with Crippen molar-refractivity contribution in [3.63, 3.8) is 0 Å². The fourth-order valence-corrected chi connectivity index (χ4v) is 2.35. The van der Waals surface area contributed by atoms with Crippen LogP contribution in [0.2, 0.25) is 0 Å². The molecule has 1 atom stereocenters. The van der Waals surface area contributed by atoms with E-state index in [9.17, 15) is 9.59 Å². The lowest BCUT2D eigenvalue weighted by Gasteiger charge is -2.23. The van der Waals surface area contributed by atoms with E-state index in [0.717, 1.165) is 31.4 Å². The second-order valence-electron chi connectivity index (χ2n) is 4.65. The molecule has 1 fully saturated rings. The number of carboxylic acids is 1. The van der Waals surface area contributed by atoms with E-state index in [1.54, 1.807) is 6.07 Å². The van der Waals surface area contributed by atoms with Crippen molar-refractivity contribution in [3.8, 4) is 0 Å². The van der Waals surface area contributed by atoms with Crippen LogP contribution in [0.25, 0.3) is 0 Å². The fourth-order valence-electron chi connectivity index (χ4n) is 2.35. The largest absolute Gasteiger partial charge is 0.478 e. The molecule has 4 N–H and O–H groups in total. The summed E-state index contributed by atoms with van der Waals surface area (Å²) in [6.45, 7) is 0. The second-order valence-corrected chi connectivity index (χ2v) is 4.65. The lowest BCUT2D eigenvalue weighted by atomic mass is 9.84. The third kappa shape index (κ3) is 3.31. The molecule has 7 nitrogen and oxygen atoms in total. The molecule has 20 heavy (non-hydrogen) atoms. The number of carboxylic acid groups (broad SMARTS) is 1. The van der Waals surface area contributed by atoms with E-state index < -0.39 is 12.0 Å². The van der Waals surface area contributed by atoms with Crippen LogP contribution >= 0.6 is 0 Å². The molecule has 2 rings (SSSR count). The molecule has 106 valence electrons. The molecule has 7 heteroatoms. The standard InChI is InChI=1S/C13H16N4O3/c14-13(20)17-16-10-4-2-1-3-9(10)11-7-8(12(18)19)5-6-15-11/h5-7,9H,1-4H2,(H,18,19)(H3,14,17,20)/b16-10-/t9-/m0/s1. The van der Waals surface area contributed by atoms with Crippen molar-refractivity contribution in [2.75, 3.05) is 0 Å². The number of pyridine rings is 1. The Morgan fingerprint density at radius 1 is 1.45 bits per heavy atom. The summed E-state index contributed by atoms with van der Waals surface area (Å²) in [4.78, 5) is 26.0. The quantitative estimate of drug-likeness (QED) is 0.724. The lowest BCUT2D eigenvalue weighted by molar-refractivity contribution is 0.0696. The average molecular weight is 276 g/mol. The Morgan fingerprint density at radius 3 is 2.95 bits per heavy atom.